The number of anilines is 1. The van der Waals surface area contributed by atoms with Crippen LogP contribution < -0.4 is 5.73 Å². The molecule has 0 aliphatic carbocycles. The number of hydrogen-bond acceptors (Lipinski definition) is 1. The number of halogens is 1. The second kappa shape index (κ2) is 5.30. The van der Waals surface area contributed by atoms with E-state index in [1.165, 1.54) is 0 Å². The van der Waals surface area contributed by atoms with Crippen LogP contribution in [-0.2, 0) is 0 Å². The van der Waals surface area contributed by atoms with Gasteiger partial charge in [-0.2, -0.15) is 0 Å². The van der Waals surface area contributed by atoms with Crippen LogP contribution in [0.1, 0.15) is 13.8 Å². The molecule has 1 aromatic carbocycles. The Bertz CT molecular complexity index is 165. The van der Waals surface area contributed by atoms with Crippen molar-refractivity contribution in [3.63, 3.8) is 0 Å². The number of nitrogens with two attached hydrogens (primary N) is 1. The molecule has 0 saturated carbocycles. The molecule has 10 heavy (non-hydrogen) atoms. The van der Waals surface area contributed by atoms with E-state index in [4.69, 9.17) is 5.73 Å². The maximum Gasteiger partial charge on any atom is 0.0458 e. The average Bonchev–Trinajstić information content (AvgIpc) is 2.00. The monoisotopic (exact) mass is 201 g/mol. The zero-order valence-corrected chi connectivity index (χ0v) is 7.85. The topological polar surface area (TPSA) is 26.0 Å². The molecule has 2 heteroatoms. The average molecular weight is 202 g/mol. The minimum Gasteiger partial charge on any atom is -0.398 e. The Labute approximate surface area is 70.4 Å². The lowest BCUT2D eigenvalue weighted by atomic mass is 10.3. The number of hydrogen-bond donors (Lipinski definition) is 1. The lowest BCUT2D eigenvalue weighted by Gasteiger charge is -1.91. The number of nitrogen functional groups attached to an aromatic ring is 1. The molecule has 0 amide bonds. The fraction of sp³-hybridized carbons (Fsp3) is 0.250. The Kier molecular flexibility index (Phi) is 5.03. The van der Waals surface area contributed by atoms with Gasteiger partial charge >= 0.3 is 0 Å². The molecular formula is C8H12BrN. The maximum atomic E-state index is 5.47. The van der Waals surface area contributed by atoms with Crippen LogP contribution in [0.2, 0.25) is 0 Å². The van der Waals surface area contributed by atoms with E-state index >= 15 is 0 Å². The van der Waals surface area contributed by atoms with Gasteiger partial charge in [0.15, 0.2) is 0 Å². The van der Waals surface area contributed by atoms with Crippen molar-refractivity contribution in [2.45, 2.75) is 13.8 Å². The largest absolute Gasteiger partial charge is 0.398 e. The summed E-state index contributed by atoms with van der Waals surface area (Å²) in [6, 6.07) is 7.60. The van der Waals surface area contributed by atoms with Gasteiger partial charge in [-0.25, -0.2) is 0 Å². The molecule has 0 radical (unpaired) electrons. The normalized spacial score (nSPS) is 7.90. The summed E-state index contributed by atoms with van der Waals surface area (Å²) in [5.41, 5.74) is 6.26. The van der Waals surface area contributed by atoms with Crippen molar-refractivity contribution in [1.82, 2.24) is 0 Å². The first-order chi connectivity index (χ1) is 4.80. The smallest absolute Gasteiger partial charge is 0.0458 e. The molecule has 0 aliphatic rings. The van der Waals surface area contributed by atoms with Crippen molar-refractivity contribution < 1.29 is 0 Å². The fourth-order valence-corrected chi connectivity index (χ4v) is 0.760. The summed E-state index contributed by atoms with van der Waals surface area (Å²) in [6.45, 7) is 4.00. The van der Waals surface area contributed by atoms with Crippen molar-refractivity contribution >= 4 is 21.6 Å². The summed E-state index contributed by atoms with van der Waals surface area (Å²) in [5.74, 6) is 0. The Morgan fingerprint density at radius 2 is 1.70 bits per heavy atom. The van der Waals surface area contributed by atoms with Crippen LogP contribution in [0.25, 0.3) is 0 Å². The number of benzene rings is 1. The highest BCUT2D eigenvalue weighted by Crippen LogP contribution is 2.16. The standard InChI is InChI=1S/C6H6BrN.C2H6/c7-5-3-1-2-4-6(5)8;1-2/h1-4H,8H2;1-2H3. The molecule has 1 rings (SSSR count). The zero-order valence-electron chi connectivity index (χ0n) is 6.26. The van der Waals surface area contributed by atoms with Crippen molar-refractivity contribution in [3.8, 4) is 0 Å². The van der Waals surface area contributed by atoms with Gasteiger partial charge in [-0.1, -0.05) is 26.0 Å². The van der Waals surface area contributed by atoms with E-state index in [9.17, 15) is 0 Å². The van der Waals surface area contributed by atoms with E-state index in [1.807, 2.05) is 38.1 Å². The molecule has 0 aromatic heterocycles. The molecule has 2 N–H and O–H groups in total. The van der Waals surface area contributed by atoms with E-state index in [-0.39, 0.29) is 0 Å². The van der Waals surface area contributed by atoms with Gasteiger partial charge in [-0.05, 0) is 28.1 Å². The van der Waals surface area contributed by atoms with Crippen molar-refractivity contribution in [1.29, 1.82) is 0 Å². The molecule has 0 atom stereocenters. The first kappa shape index (κ1) is 9.50. The molecule has 0 aliphatic heterocycles. The Balaban J connectivity index is 0.000000371. The maximum absolute atomic E-state index is 5.47. The zero-order chi connectivity index (χ0) is 7.98. The van der Waals surface area contributed by atoms with Gasteiger partial charge in [0.2, 0.25) is 0 Å². The molecule has 0 bridgehead atoms. The summed E-state index contributed by atoms with van der Waals surface area (Å²) in [4.78, 5) is 0. The van der Waals surface area contributed by atoms with Crippen LogP contribution in [0.3, 0.4) is 0 Å². The van der Waals surface area contributed by atoms with Gasteiger partial charge in [0.05, 0.1) is 0 Å². The summed E-state index contributed by atoms with van der Waals surface area (Å²) >= 11 is 3.27. The second-order valence-electron chi connectivity index (χ2n) is 1.52. The van der Waals surface area contributed by atoms with Crippen LogP contribution in [0.5, 0.6) is 0 Å². The lowest BCUT2D eigenvalue weighted by molar-refractivity contribution is 1.50. The van der Waals surface area contributed by atoms with Crippen LogP contribution in [0.4, 0.5) is 5.69 Å². The van der Waals surface area contributed by atoms with Crippen LogP contribution >= 0.6 is 15.9 Å². The minimum atomic E-state index is 0.785. The predicted molar refractivity (Wildman–Crippen MR) is 49.9 cm³/mol. The van der Waals surface area contributed by atoms with Gasteiger partial charge < -0.3 is 5.73 Å². The third kappa shape index (κ3) is 2.87. The van der Waals surface area contributed by atoms with E-state index in [1.54, 1.807) is 0 Å². The highest BCUT2D eigenvalue weighted by Gasteiger charge is 1.86. The molecule has 0 spiro atoms. The van der Waals surface area contributed by atoms with Crippen LogP contribution in [0, 0.1) is 0 Å². The van der Waals surface area contributed by atoms with Crippen molar-refractivity contribution in [3.05, 3.63) is 28.7 Å². The van der Waals surface area contributed by atoms with E-state index < -0.39 is 0 Å². The Morgan fingerprint density at radius 1 is 1.20 bits per heavy atom. The Morgan fingerprint density at radius 3 is 2.00 bits per heavy atom. The highest BCUT2D eigenvalue weighted by molar-refractivity contribution is 9.10. The van der Waals surface area contributed by atoms with E-state index in [0.717, 1.165) is 10.2 Å². The van der Waals surface area contributed by atoms with Gasteiger partial charge in [0.25, 0.3) is 0 Å². The minimum absolute atomic E-state index is 0.785. The van der Waals surface area contributed by atoms with Gasteiger partial charge in [0, 0.05) is 10.2 Å². The van der Waals surface area contributed by atoms with Crippen LogP contribution in [0.15, 0.2) is 28.7 Å². The van der Waals surface area contributed by atoms with Gasteiger partial charge in [-0.15, -0.1) is 0 Å². The number of rotatable bonds is 0. The van der Waals surface area contributed by atoms with Gasteiger partial charge in [-0.3, -0.25) is 0 Å². The van der Waals surface area contributed by atoms with Crippen LogP contribution in [-0.4, -0.2) is 0 Å². The quantitative estimate of drug-likeness (QED) is 0.643. The molecule has 0 heterocycles. The Hall–Kier alpha value is -0.500. The summed E-state index contributed by atoms with van der Waals surface area (Å²) in [6.07, 6.45) is 0. The number of para-hydroxylation sites is 1. The fourth-order valence-electron chi connectivity index (χ4n) is 0.475. The van der Waals surface area contributed by atoms with E-state index in [0.29, 0.717) is 0 Å². The SMILES string of the molecule is CC.Nc1ccccc1Br. The predicted octanol–water partition coefficient (Wildman–Crippen LogP) is 3.06. The first-order valence-electron chi connectivity index (χ1n) is 3.31. The second-order valence-corrected chi connectivity index (χ2v) is 2.38. The summed E-state index contributed by atoms with van der Waals surface area (Å²) in [5, 5.41) is 0. The lowest BCUT2D eigenvalue weighted by Crippen LogP contribution is -1.82. The third-order valence-electron chi connectivity index (χ3n) is 0.905. The third-order valence-corrected chi connectivity index (χ3v) is 1.63. The molecule has 0 unspecified atom stereocenters. The van der Waals surface area contributed by atoms with Crippen molar-refractivity contribution in [2.75, 3.05) is 5.73 Å². The highest BCUT2D eigenvalue weighted by atomic mass is 79.9. The molecule has 0 saturated heterocycles. The molecule has 1 aromatic rings. The summed E-state index contributed by atoms with van der Waals surface area (Å²) < 4.78 is 0.958. The molecule has 1 nitrogen and oxygen atoms in total. The van der Waals surface area contributed by atoms with Crippen molar-refractivity contribution in [2.24, 2.45) is 0 Å². The molecule has 0 fully saturated rings. The van der Waals surface area contributed by atoms with E-state index in [2.05, 4.69) is 15.9 Å². The molecular weight excluding hydrogens is 190 g/mol. The first-order valence-corrected chi connectivity index (χ1v) is 4.10. The summed E-state index contributed by atoms with van der Waals surface area (Å²) in [7, 11) is 0. The molecule has 56 valence electrons. The van der Waals surface area contributed by atoms with Gasteiger partial charge in [0.1, 0.15) is 0 Å².